The summed E-state index contributed by atoms with van der Waals surface area (Å²) < 4.78 is 1.08. The molecule has 0 radical (unpaired) electrons. The van der Waals surface area contributed by atoms with Gasteiger partial charge in [-0.25, -0.2) is 4.98 Å². The van der Waals surface area contributed by atoms with Gasteiger partial charge >= 0.3 is 0 Å². The van der Waals surface area contributed by atoms with Crippen molar-refractivity contribution in [3.8, 4) is 0 Å². The molecule has 21 heavy (non-hydrogen) atoms. The van der Waals surface area contributed by atoms with Gasteiger partial charge in [0.05, 0.1) is 25.5 Å². The van der Waals surface area contributed by atoms with Crippen LogP contribution in [0, 0.1) is 0 Å². The van der Waals surface area contributed by atoms with Crippen molar-refractivity contribution in [3.05, 3.63) is 58.7 Å². The lowest BCUT2D eigenvalue weighted by molar-refractivity contribution is -0.364. The molecule has 0 amide bonds. The zero-order valence-electron chi connectivity index (χ0n) is 11.7. The van der Waals surface area contributed by atoms with E-state index in [1.807, 2.05) is 36.7 Å². The Balaban J connectivity index is 1.58. The number of aromatic amines is 1. The Morgan fingerprint density at radius 2 is 1.76 bits per heavy atom. The Kier molecular flexibility index (Phi) is 4.50. The molecule has 0 bridgehead atoms. The molecule has 4 nitrogen and oxygen atoms in total. The van der Waals surface area contributed by atoms with Crippen molar-refractivity contribution >= 4 is 28.0 Å². The largest absolute Gasteiger partial charge is 0.289 e. The van der Waals surface area contributed by atoms with Crippen molar-refractivity contribution in [1.29, 1.82) is 0 Å². The van der Waals surface area contributed by atoms with Gasteiger partial charge in [-0.05, 0) is 12.1 Å². The van der Waals surface area contributed by atoms with Gasteiger partial charge in [0.25, 0.3) is 5.82 Å². The van der Waals surface area contributed by atoms with Crippen LogP contribution in [0.3, 0.4) is 0 Å². The number of nitrogens with one attached hydrogen (secondary N) is 1. The van der Waals surface area contributed by atoms with E-state index in [4.69, 9.17) is 0 Å². The number of anilines is 1. The van der Waals surface area contributed by atoms with E-state index >= 15 is 0 Å². The first-order valence-electron chi connectivity index (χ1n) is 7.08. The van der Waals surface area contributed by atoms with Crippen molar-refractivity contribution in [1.82, 2.24) is 5.01 Å². The molecule has 1 fully saturated rings. The fraction of sp³-hybridized carbons (Fsp3) is 0.250. The zero-order chi connectivity index (χ0) is 14.5. The summed E-state index contributed by atoms with van der Waals surface area (Å²) in [5.74, 6) is 1.17. The summed E-state index contributed by atoms with van der Waals surface area (Å²) in [6, 6.07) is 14.3. The van der Waals surface area contributed by atoms with Crippen molar-refractivity contribution in [2.24, 2.45) is 5.10 Å². The second-order valence-corrected chi connectivity index (χ2v) is 5.81. The minimum Gasteiger partial charge on any atom is -0.289 e. The van der Waals surface area contributed by atoms with Crippen LogP contribution in [0.2, 0.25) is 0 Å². The Hall–Kier alpha value is -1.88. The van der Waals surface area contributed by atoms with Gasteiger partial charge in [0.2, 0.25) is 0 Å². The van der Waals surface area contributed by atoms with Crippen molar-refractivity contribution in [2.75, 3.05) is 31.1 Å². The van der Waals surface area contributed by atoms with E-state index in [-0.39, 0.29) is 0 Å². The molecule has 0 unspecified atom stereocenters. The minimum absolute atomic E-state index is 0.934. The summed E-state index contributed by atoms with van der Waals surface area (Å²) in [5, 5.41) is 6.71. The number of piperazine rings is 1. The molecule has 1 aliphatic rings. The van der Waals surface area contributed by atoms with Gasteiger partial charge in [-0.1, -0.05) is 40.2 Å². The maximum Gasteiger partial charge on any atom is 0.274 e. The summed E-state index contributed by atoms with van der Waals surface area (Å²) in [5.41, 5.74) is 1.11. The number of benzene rings is 1. The Morgan fingerprint density at radius 3 is 2.48 bits per heavy atom. The molecule has 1 saturated heterocycles. The molecule has 5 heteroatoms. The quantitative estimate of drug-likeness (QED) is 0.800. The van der Waals surface area contributed by atoms with E-state index in [0.717, 1.165) is 36.2 Å². The first kappa shape index (κ1) is 14.1. The minimum atomic E-state index is 0.934. The van der Waals surface area contributed by atoms with E-state index < -0.39 is 0 Å². The lowest BCUT2D eigenvalue weighted by atomic mass is 10.2. The van der Waals surface area contributed by atoms with Gasteiger partial charge in [0, 0.05) is 16.1 Å². The van der Waals surface area contributed by atoms with Crippen molar-refractivity contribution < 1.29 is 4.98 Å². The zero-order valence-corrected chi connectivity index (χ0v) is 13.3. The molecule has 0 aliphatic carbocycles. The molecule has 0 atom stereocenters. The molecule has 1 aromatic carbocycles. The van der Waals surface area contributed by atoms with Crippen LogP contribution < -0.4 is 9.88 Å². The van der Waals surface area contributed by atoms with Crippen LogP contribution >= 0.6 is 15.9 Å². The molecule has 1 aliphatic heterocycles. The smallest absolute Gasteiger partial charge is 0.274 e. The van der Waals surface area contributed by atoms with Crippen LogP contribution in [-0.4, -0.2) is 37.4 Å². The van der Waals surface area contributed by atoms with E-state index in [2.05, 4.69) is 54.1 Å². The fourth-order valence-corrected chi connectivity index (χ4v) is 2.74. The van der Waals surface area contributed by atoms with Crippen LogP contribution in [-0.2, 0) is 0 Å². The number of aromatic nitrogens is 1. The number of hydrazone groups is 1. The molecule has 2 aromatic rings. The predicted octanol–water partition coefficient (Wildman–Crippen LogP) is 2.42. The number of rotatable bonds is 3. The first-order valence-corrected chi connectivity index (χ1v) is 7.87. The van der Waals surface area contributed by atoms with E-state index in [0.29, 0.717) is 0 Å². The van der Waals surface area contributed by atoms with E-state index in [1.165, 1.54) is 5.82 Å². The van der Waals surface area contributed by atoms with Crippen LogP contribution in [0.4, 0.5) is 5.82 Å². The third-order valence-corrected chi connectivity index (χ3v) is 4.28. The van der Waals surface area contributed by atoms with Crippen LogP contribution in [0.15, 0.2) is 58.2 Å². The van der Waals surface area contributed by atoms with E-state index in [9.17, 15) is 0 Å². The summed E-state index contributed by atoms with van der Waals surface area (Å²) in [6.07, 6.45) is 3.89. The fourth-order valence-electron chi connectivity index (χ4n) is 2.36. The molecule has 1 N–H and O–H groups in total. The van der Waals surface area contributed by atoms with Gasteiger partial charge in [-0.2, -0.15) is 5.10 Å². The Morgan fingerprint density at radius 1 is 1.00 bits per heavy atom. The van der Waals surface area contributed by atoms with Crippen LogP contribution in [0.5, 0.6) is 0 Å². The molecular formula is C16H18BrN4+. The van der Waals surface area contributed by atoms with Gasteiger partial charge in [0.15, 0.2) is 0 Å². The maximum absolute atomic E-state index is 4.58. The second kappa shape index (κ2) is 6.72. The molecule has 3 rings (SSSR count). The third-order valence-electron chi connectivity index (χ3n) is 3.55. The lowest BCUT2D eigenvalue weighted by Crippen LogP contribution is -2.45. The Labute approximate surface area is 133 Å². The number of halogens is 1. The number of pyridine rings is 1. The highest BCUT2D eigenvalue weighted by Crippen LogP contribution is 2.14. The predicted molar refractivity (Wildman–Crippen MR) is 88.5 cm³/mol. The van der Waals surface area contributed by atoms with Crippen LogP contribution in [0.25, 0.3) is 0 Å². The normalized spacial score (nSPS) is 15.7. The highest BCUT2D eigenvalue weighted by molar-refractivity contribution is 9.10. The second-order valence-electron chi connectivity index (χ2n) is 4.95. The number of H-pyrrole nitrogens is 1. The molecule has 0 spiro atoms. The summed E-state index contributed by atoms with van der Waals surface area (Å²) in [6.45, 7) is 3.83. The summed E-state index contributed by atoms with van der Waals surface area (Å²) in [7, 11) is 0. The van der Waals surface area contributed by atoms with Crippen LogP contribution in [0.1, 0.15) is 5.56 Å². The number of nitrogens with zero attached hydrogens (tertiary/aromatic N) is 3. The highest BCUT2D eigenvalue weighted by Gasteiger charge is 2.21. The standard InChI is InChI=1S/C16H17BrN4/c17-15-6-2-1-5-14(15)13-19-21-11-9-20(10-12-21)16-7-3-4-8-18-16/h1-8,13H,9-12H2/p+1. The Bertz CT molecular complexity index is 607. The summed E-state index contributed by atoms with van der Waals surface area (Å²) in [4.78, 5) is 5.63. The average molecular weight is 346 g/mol. The van der Waals surface area contributed by atoms with Gasteiger partial charge in [-0.3, -0.25) is 9.91 Å². The topological polar surface area (TPSA) is 33.0 Å². The molecular weight excluding hydrogens is 328 g/mol. The maximum atomic E-state index is 4.58. The number of hydrogen-bond donors (Lipinski definition) is 0. The SMILES string of the molecule is Brc1ccccc1C=NN1CCN(c2cccc[nH+]2)CC1. The lowest BCUT2D eigenvalue weighted by Gasteiger charge is -2.28. The summed E-state index contributed by atoms with van der Waals surface area (Å²) >= 11 is 3.54. The van der Waals surface area contributed by atoms with Crippen molar-refractivity contribution in [3.63, 3.8) is 0 Å². The average Bonchev–Trinajstić information content (AvgIpc) is 2.55. The third kappa shape index (κ3) is 3.61. The van der Waals surface area contributed by atoms with Gasteiger partial charge in [0.1, 0.15) is 13.1 Å². The van der Waals surface area contributed by atoms with E-state index in [1.54, 1.807) is 0 Å². The van der Waals surface area contributed by atoms with Crippen molar-refractivity contribution in [2.45, 2.75) is 0 Å². The van der Waals surface area contributed by atoms with Gasteiger partial charge < -0.3 is 0 Å². The molecule has 0 saturated carbocycles. The highest BCUT2D eigenvalue weighted by atomic mass is 79.9. The monoisotopic (exact) mass is 345 g/mol. The van der Waals surface area contributed by atoms with Gasteiger partial charge in [-0.15, -0.1) is 0 Å². The molecule has 1 aromatic heterocycles. The first-order chi connectivity index (χ1) is 10.3. The number of hydrogen-bond acceptors (Lipinski definition) is 3. The molecule has 2 heterocycles. The molecule has 108 valence electrons.